The summed E-state index contributed by atoms with van der Waals surface area (Å²) in [4.78, 5) is 0. The third kappa shape index (κ3) is 5.56. The monoisotopic (exact) mass is 338 g/mol. The van der Waals surface area contributed by atoms with Crippen LogP contribution in [0.25, 0.3) is 0 Å². The molecule has 2 aromatic rings. The van der Waals surface area contributed by atoms with Crippen LogP contribution in [0.5, 0.6) is 0 Å². The second-order valence-corrected chi connectivity index (χ2v) is 5.42. The van der Waals surface area contributed by atoms with Crippen LogP contribution < -0.4 is 10.6 Å². The zero-order valence-electron chi connectivity index (χ0n) is 12.4. The van der Waals surface area contributed by atoms with Crippen LogP contribution in [0.15, 0.2) is 54.6 Å². The van der Waals surface area contributed by atoms with Crippen molar-refractivity contribution in [2.75, 3.05) is 11.9 Å². The molecule has 2 nitrogen and oxygen atoms in total. The minimum atomic E-state index is -4.41. The van der Waals surface area contributed by atoms with Crippen molar-refractivity contribution in [3.8, 4) is 0 Å². The first-order valence-corrected chi connectivity index (χ1v) is 7.62. The molecule has 6 heteroatoms. The second-order valence-electron chi connectivity index (χ2n) is 5.01. The van der Waals surface area contributed by atoms with E-state index in [1.54, 1.807) is 0 Å². The lowest BCUT2D eigenvalue weighted by Crippen LogP contribution is -2.30. The van der Waals surface area contributed by atoms with E-state index < -0.39 is 11.7 Å². The minimum absolute atomic E-state index is 0.0411. The molecule has 0 amide bonds. The molecule has 0 atom stereocenters. The number of benzene rings is 2. The van der Waals surface area contributed by atoms with Crippen LogP contribution in [0.3, 0.4) is 0 Å². The molecule has 0 aliphatic rings. The van der Waals surface area contributed by atoms with Gasteiger partial charge in [-0.25, -0.2) is 0 Å². The fourth-order valence-corrected chi connectivity index (χ4v) is 2.36. The number of aryl methyl sites for hydroxylation is 1. The third-order valence-corrected chi connectivity index (χ3v) is 3.50. The topological polar surface area (TPSA) is 24.1 Å². The Morgan fingerprint density at radius 3 is 2.30 bits per heavy atom. The fourth-order valence-electron chi connectivity index (χ4n) is 2.14. The number of alkyl halides is 3. The minimum Gasteiger partial charge on any atom is -0.362 e. The average Bonchev–Trinajstić information content (AvgIpc) is 2.52. The molecule has 0 unspecified atom stereocenters. The third-order valence-electron chi connectivity index (χ3n) is 3.25. The Morgan fingerprint density at radius 2 is 1.61 bits per heavy atom. The maximum Gasteiger partial charge on any atom is 0.418 e. The van der Waals surface area contributed by atoms with Crippen molar-refractivity contribution in [1.82, 2.24) is 5.32 Å². The maximum absolute atomic E-state index is 12.9. The molecular weight excluding hydrogens is 321 g/mol. The highest BCUT2D eigenvalue weighted by Gasteiger charge is 2.33. The van der Waals surface area contributed by atoms with Gasteiger partial charge in [-0.3, -0.25) is 0 Å². The van der Waals surface area contributed by atoms with Crippen LogP contribution in [-0.4, -0.2) is 11.7 Å². The number of hydrogen-bond acceptors (Lipinski definition) is 1. The molecule has 0 aromatic heterocycles. The molecular formula is C17H17F3N2S. The van der Waals surface area contributed by atoms with E-state index in [0.29, 0.717) is 6.54 Å². The normalized spacial score (nSPS) is 11.1. The van der Waals surface area contributed by atoms with E-state index in [-0.39, 0.29) is 10.8 Å². The van der Waals surface area contributed by atoms with Crippen LogP contribution >= 0.6 is 12.2 Å². The second kappa shape index (κ2) is 7.97. The standard InChI is InChI=1S/C17H17F3N2S/c18-17(19,20)14-10-4-5-11-15(14)22-16(23)21-12-6-9-13-7-2-1-3-8-13/h1-5,7-8,10-11H,6,9,12H2,(H2,21,22,23). The molecule has 2 N–H and O–H groups in total. The molecule has 2 aromatic carbocycles. The van der Waals surface area contributed by atoms with Crippen molar-refractivity contribution in [2.24, 2.45) is 0 Å². The van der Waals surface area contributed by atoms with Gasteiger partial charge in [0.1, 0.15) is 0 Å². The summed E-state index contributed by atoms with van der Waals surface area (Å²) in [6.07, 6.45) is -2.69. The molecule has 2 rings (SSSR count). The van der Waals surface area contributed by atoms with Gasteiger partial charge in [-0.05, 0) is 42.8 Å². The summed E-state index contributed by atoms with van der Waals surface area (Å²) in [5, 5.41) is 5.74. The Labute approximate surface area is 138 Å². The molecule has 0 bridgehead atoms. The first kappa shape index (κ1) is 17.3. The first-order chi connectivity index (χ1) is 11.0. The highest BCUT2D eigenvalue weighted by atomic mass is 32.1. The van der Waals surface area contributed by atoms with E-state index in [0.717, 1.165) is 18.9 Å². The van der Waals surface area contributed by atoms with Crippen molar-refractivity contribution in [3.63, 3.8) is 0 Å². The molecule has 0 aliphatic heterocycles. The van der Waals surface area contributed by atoms with Gasteiger partial charge in [-0.2, -0.15) is 13.2 Å². The van der Waals surface area contributed by atoms with Gasteiger partial charge in [0.2, 0.25) is 0 Å². The summed E-state index contributed by atoms with van der Waals surface area (Å²) < 4.78 is 38.7. The zero-order valence-corrected chi connectivity index (χ0v) is 13.2. The van der Waals surface area contributed by atoms with Gasteiger partial charge >= 0.3 is 6.18 Å². The van der Waals surface area contributed by atoms with Gasteiger partial charge in [0, 0.05) is 6.54 Å². The van der Waals surface area contributed by atoms with Gasteiger partial charge in [0.25, 0.3) is 0 Å². The van der Waals surface area contributed by atoms with E-state index in [2.05, 4.69) is 10.6 Å². The summed E-state index contributed by atoms with van der Waals surface area (Å²) in [6.45, 7) is 0.592. The molecule has 0 fully saturated rings. The predicted octanol–water partition coefficient (Wildman–Crippen LogP) is 4.62. The Kier molecular flexibility index (Phi) is 5.98. The first-order valence-electron chi connectivity index (χ1n) is 7.22. The average molecular weight is 338 g/mol. The van der Waals surface area contributed by atoms with Crippen LogP contribution in [-0.2, 0) is 12.6 Å². The molecule has 0 saturated heterocycles. The molecule has 0 heterocycles. The Balaban J connectivity index is 1.81. The van der Waals surface area contributed by atoms with E-state index in [9.17, 15) is 13.2 Å². The summed E-state index contributed by atoms with van der Waals surface area (Å²) >= 11 is 5.06. The van der Waals surface area contributed by atoms with Gasteiger partial charge in [-0.15, -0.1) is 0 Å². The maximum atomic E-state index is 12.9. The SMILES string of the molecule is FC(F)(F)c1ccccc1NC(=S)NCCCc1ccccc1. The van der Waals surface area contributed by atoms with Crippen molar-refractivity contribution in [1.29, 1.82) is 0 Å². The molecule has 0 saturated carbocycles. The Morgan fingerprint density at radius 1 is 0.957 bits per heavy atom. The van der Waals surface area contributed by atoms with Crippen LogP contribution in [0, 0.1) is 0 Å². The van der Waals surface area contributed by atoms with Crippen LogP contribution in [0.1, 0.15) is 17.5 Å². The van der Waals surface area contributed by atoms with Crippen molar-refractivity contribution in [3.05, 3.63) is 65.7 Å². The summed E-state index contributed by atoms with van der Waals surface area (Å²) in [5.74, 6) is 0. The molecule has 0 aliphatic carbocycles. The zero-order chi connectivity index (χ0) is 16.7. The fraction of sp³-hybridized carbons (Fsp3) is 0.235. The van der Waals surface area contributed by atoms with E-state index in [1.165, 1.54) is 23.8 Å². The number of para-hydroxylation sites is 1. The Bertz CT molecular complexity index is 642. The van der Waals surface area contributed by atoms with E-state index >= 15 is 0 Å². The van der Waals surface area contributed by atoms with Crippen molar-refractivity contribution in [2.45, 2.75) is 19.0 Å². The number of anilines is 1. The summed E-state index contributed by atoms with van der Waals surface area (Å²) in [5.41, 5.74) is 0.449. The lowest BCUT2D eigenvalue weighted by Gasteiger charge is -2.15. The highest BCUT2D eigenvalue weighted by Crippen LogP contribution is 2.34. The van der Waals surface area contributed by atoms with Crippen LogP contribution in [0.4, 0.5) is 18.9 Å². The number of nitrogens with one attached hydrogen (secondary N) is 2. The molecule has 0 radical (unpaired) electrons. The number of rotatable bonds is 5. The van der Waals surface area contributed by atoms with E-state index in [1.807, 2.05) is 30.3 Å². The highest BCUT2D eigenvalue weighted by molar-refractivity contribution is 7.80. The lowest BCUT2D eigenvalue weighted by atomic mass is 10.1. The number of thiocarbonyl (C=S) groups is 1. The van der Waals surface area contributed by atoms with Gasteiger partial charge < -0.3 is 10.6 Å². The largest absolute Gasteiger partial charge is 0.418 e. The van der Waals surface area contributed by atoms with Gasteiger partial charge in [0.15, 0.2) is 5.11 Å². The lowest BCUT2D eigenvalue weighted by molar-refractivity contribution is -0.136. The van der Waals surface area contributed by atoms with E-state index in [4.69, 9.17) is 12.2 Å². The molecule has 23 heavy (non-hydrogen) atoms. The van der Waals surface area contributed by atoms with Gasteiger partial charge in [0.05, 0.1) is 11.3 Å². The summed E-state index contributed by atoms with van der Waals surface area (Å²) in [7, 11) is 0. The smallest absolute Gasteiger partial charge is 0.362 e. The van der Waals surface area contributed by atoms with Crippen LogP contribution in [0.2, 0.25) is 0 Å². The van der Waals surface area contributed by atoms with Crippen molar-refractivity contribution >= 4 is 23.0 Å². The molecule has 0 spiro atoms. The summed E-state index contributed by atoms with van der Waals surface area (Å²) in [6, 6.07) is 15.3. The quantitative estimate of drug-likeness (QED) is 0.614. The molecule has 122 valence electrons. The van der Waals surface area contributed by atoms with Gasteiger partial charge in [-0.1, -0.05) is 42.5 Å². The Hall–Kier alpha value is -2.08. The number of hydrogen-bond donors (Lipinski definition) is 2. The van der Waals surface area contributed by atoms with Crippen molar-refractivity contribution < 1.29 is 13.2 Å². The number of halogens is 3. The predicted molar refractivity (Wildman–Crippen MR) is 90.4 cm³/mol.